The first-order valence-electron chi connectivity index (χ1n) is 6.65. The maximum atomic E-state index is 5.76. The fraction of sp³-hybridized carbons (Fsp3) is 0.357. The van der Waals surface area contributed by atoms with Crippen molar-refractivity contribution < 1.29 is 4.74 Å². The van der Waals surface area contributed by atoms with Gasteiger partial charge < -0.3 is 15.4 Å². The molecular weight excluding hydrogens is 240 g/mol. The Bertz CT molecular complexity index is 505. The molecule has 3 N–H and O–H groups in total. The second-order valence-corrected chi connectivity index (χ2v) is 4.70. The molecule has 2 aromatic rings. The van der Waals surface area contributed by atoms with Gasteiger partial charge in [-0.15, -0.1) is 0 Å². The molecule has 0 bridgehead atoms. The summed E-state index contributed by atoms with van der Waals surface area (Å²) in [5.74, 6) is 1.46. The van der Waals surface area contributed by atoms with Crippen molar-refractivity contribution in [3.8, 4) is 11.6 Å². The molecule has 1 saturated heterocycles. The molecule has 1 aliphatic rings. The van der Waals surface area contributed by atoms with E-state index in [1.807, 2.05) is 30.3 Å². The second-order valence-electron chi connectivity index (χ2n) is 4.70. The molecule has 0 amide bonds. The molecule has 0 radical (unpaired) electrons. The van der Waals surface area contributed by atoms with E-state index in [0.717, 1.165) is 24.5 Å². The molecule has 0 unspecified atom stereocenters. The van der Waals surface area contributed by atoms with Crippen LogP contribution in [-0.4, -0.2) is 29.3 Å². The van der Waals surface area contributed by atoms with E-state index in [9.17, 15) is 0 Å². The van der Waals surface area contributed by atoms with Crippen molar-refractivity contribution in [3.63, 3.8) is 0 Å². The number of aromatic nitrogens is 2. The van der Waals surface area contributed by atoms with Crippen molar-refractivity contribution >= 4 is 5.69 Å². The topological polar surface area (TPSA) is 62.0 Å². The summed E-state index contributed by atoms with van der Waals surface area (Å²) in [6.45, 7) is 2.01. The summed E-state index contributed by atoms with van der Waals surface area (Å²) >= 11 is 0. The lowest BCUT2D eigenvalue weighted by atomic mass is 10.2. The molecule has 3 rings (SSSR count). The van der Waals surface area contributed by atoms with Crippen LogP contribution in [0.25, 0.3) is 0 Å². The van der Waals surface area contributed by atoms with Gasteiger partial charge in [0.2, 0.25) is 5.88 Å². The highest BCUT2D eigenvalue weighted by Gasteiger charge is 2.15. The van der Waals surface area contributed by atoms with E-state index in [2.05, 4.69) is 20.8 Å². The van der Waals surface area contributed by atoms with Crippen LogP contribution in [0.3, 0.4) is 0 Å². The number of benzene rings is 1. The Labute approximate surface area is 112 Å². The fourth-order valence-corrected chi connectivity index (χ4v) is 2.25. The zero-order valence-corrected chi connectivity index (χ0v) is 10.7. The third-order valence-corrected chi connectivity index (χ3v) is 3.27. The highest BCUT2D eigenvalue weighted by atomic mass is 16.5. The van der Waals surface area contributed by atoms with Crippen LogP contribution < -0.4 is 15.4 Å². The van der Waals surface area contributed by atoms with Crippen LogP contribution >= 0.6 is 0 Å². The Balaban J connectivity index is 1.61. The van der Waals surface area contributed by atoms with E-state index in [0.29, 0.717) is 11.9 Å². The van der Waals surface area contributed by atoms with Crippen molar-refractivity contribution in [2.24, 2.45) is 0 Å². The minimum absolute atomic E-state index is 0.541. The first-order chi connectivity index (χ1) is 9.42. The number of rotatable bonds is 5. The molecule has 5 heteroatoms. The Morgan fingerprint density at radius 3 is 3.00 bits per heavy atom. The van der Waals surface area contributed by atoms with E-state index in [-0.39, 0.29) is 0 Å². The number of H-pyrrole nitrogens is 1. The van der Waals surface area contributed by atoms with E-state index < -0.39 is 0 Å². The molecule has 5 nitrogen and oxygen atoms in total. The number of anilines is 1. The van der Waals surface area contributed by atoms with Gasteiger partial charge in [0, 0.05) is 12.6 Å². The SMILES string of the molecule is c1ccc(Oc2[nH]ncc2NC[C@@H]2CCCN2)cc1. The van der Waals surface area contributed by atoms with Crippen molar-refractivity contribution in [2.45, 2.75) is 18.9 Å². The first kappa shape index (κ1) is 12.0. The Morgan fingerprint density at radius 2 is 2.21 bits per heavy atom. The lowest BCUT2D eigenvalue weighted by Crippen LogP contribution is -2.29. The number of hydrogen-bond acceptors (Lipinski definition) is 4. The molecular formula is C14H18N4O. The number of nitrogens with zero attached hydrogens (tertiary/aromatic N) is 1. The van der Waals surface area contributed by atoms with E-state index in [1.165, 1.54) is 12.8 Å². The number of aromatic amines is 1. The maximum absolute atomic E-state index is 5.76. The lowest BCUT2D eigenvalue weighted by molar-refractivity contribution is 0.462. The predicted octanol–water partition coefficient (Wildman–Crippen LogP) is 2.37. The van der Waals surface area contributed by atoms with Gasteiger partial charge in [-0.2, -0.15) is 5.10 Å². The van der Waals surface area contributed by atoms with Crippen LogP contribution in [0.5, 0.6) is 11.6 Å². The maximum Gasteiger partial charge on any atom is 0.238 e. The molecule has 1 aromatic carbocycles. The monoisotopic (exact) mass is 258 g/mol. The standard InChI is InChI=1S/C14H18N4O/c1-2-6-12(7-3-1)19-14-13(10-17-18-14)16-9-11-5-4-8-15-11/h1-3,6-7,10-11,15-16H,4-5,8-9H2,(H,17,18)/t11-/m0/s1. The first-order valence-corrected chi connectivity index (χ1v) is 6.65. The normalized spacial score (nSPS) is 18.4. The number of hydrogen-bond donors (Lipinski definition) is 3. The average Bonchev–Trinajstić information content (AvgIpc) is 3.09. The zero-order chi connectivity index (χ0) is 12.9. The van der Waals surface area contributed by atoms with Crippen LogP contribution in [0.1, 0.15) is 12.8 Å². The van der Waals surface area contributed by atoms with Crippen molar-refractivity contribution in [2.75, 3.05) is 18.4 Å². The molecule has 1 aliphatic heterocycles. The van der Waals surface area contributed by atoms with E-state index >= 15 is 0 Å². The van der Waals surface area contributed by atoms with Gasteiger partial charge in [-0.3, -0.25) is 0 Å². The number of para-hydroxylation sites is 1. The van der Waals surface area contributed by atoms with E-state index in [4.69, 9.17) is 4.74 Å². The van der Waals surface area contributed by atoms with Crippen molar-refractivity contribution in [3.05, 3.63) is 36.5 Å². The van der Waals surface area contributed by atoms with Crippen LogP contribution in [0.15, 0.2) is 36.5 Å². The van der Waals surface area contributed by atoms with Gasteiger partial charge in [-0.05, 0) is 31.5 Å². The minimum atomic E-state index is 0.541. The third kappa shape index (κ3) is 3.06. The average molecular weight is 258 g/mol. The molecule has 0 aliphatic carbocycles. The fourth-order valence-electron chi connectivity index (χ4n) is 2.25. The highest BCUT2D eigenvalue weighted by Crippen LogP contribution is 2.26. The van der Waals surface area contributed by atoms with Gasteiger partial charge in [0.15, 0.2) is 0 Å². The number of nitrogens with one attached hydrogen (secondary N) is 3. The summed E-state index contributed by atoms with van der Waals surface area (Å²) < 4.78 is 5.76. The van der Waals surface area contributed by atoms with Crippen LogP contribution in [-0.2, 0) is 0 Å². The highest BCUT2D eigenvalue weighted by molar-refractivity contribution is 5.52. The van der Waals surface area contributed by atoms with Crippen molar-refractivity contribution in [1.82, 2.24) is 15.5 Å². The minimum Gasteiger partial charge on any atom is -0.437 e. The summed E-state index contributed by atoms with van der Waals surface area (Å²) in [4.78, 5) is 0. The lowest BCUT2D eigenvalue weighted by Gasteiger charge is -2.12. The van der Waals surface area contributed by atoms with Crippen LogP contribution in [0, 0.1) is 0 Å². The third-order valence-electron chi connectivity index (χ3n) is 3.27. The quantitative estimate of drug-likeness (QED) is 0.770. The largest absolute Gasteiger partial charge is 0.437 e. The molecule has 19 heavy (non-hydrogen) atoms. The van der Waals surface area contributed by atoms with Crippen molar-refractivity contribution in [1.29, 1.82) is 0 Å². The van der Waals surface area contributed by atoms with Gasteiger partial charge in [-0.25, -0.2) is 5.10 Å². The van der Waals surface area contributed by atoms with E-state index in [1.54, 1.807) is 6.20 Å². The molecule has 2 heterocycles. The second kappa shape index (κ2) is 5.75. The predicted molar refractivity (Wildman–Crippen MR) is 74.6 cm³/mol. The van der Waals surface area contributed by atoms with Crippen LogP contribution in [0.2, 0.25) is 0 Å². The van der Waals surface area contributed by atoms with Gasteiger partial charge in [0.1, 0.15) is 11.4 Å². The van der Waals surface area contributed by atoms with Gasteiger partial charge in [0.05, 0.1) is 6.20 Å². The number of ether oxygens (including phenoxy) is 1. The Kier molecular flexibility index (Phi) is 3.65. The van der Waals surface area contributed by atoms with Crippen LogP contribution in [0.4, 0.5) is 5.69 Å². The Morgan fingerprint density at radius 1 is 1.32 bits per heavy atom. The smallest absolute Gasteiger partial charge is 0.238 e. The van der Waals surface area contributed by atoms with Gasteiger partial charge in [0.25, 0.3) is 0 Å². The zero-order valence-electron chi connectivity index (χ0n) is 10.7. The summed E-state index contributed by atoms with van der Waals surface area (Å²) in [5, 5.41) is 13.7. The Hall–Kier alpha value is -2.01. The summed E-state index contributed by atoms with van der Waals surface area (Å²) in [5.41, 5.74) is 0.901. The molecule has 1 aromatic heterocycles. The van der Waals surface area contributed by atoms with Gasteiger partial charge in [-0.1, -0.05) is 18.2 Å². The molecule has 0 saturated carbocycles. The molecule has 0 spiro atoms. The summed E-state index contributed by atoms with van der Waals surface area (Å²) in [6.07, 6.45) is 4.23. The molecule has 1 fully saturated rings. The molecule has 1 atom stereocenters. The summed E-state index contributed by atoms with van der Waals surface area (Å²) in [7, 11) is 0. The molecule has 100 valence electrons. The van der Waals surface area contributed by atoms with Gasteiger partial charge >= 0.3 is 0 Å². The summed E-state index contributed by atoms with van der Waals surface area (Å²) in [6, 6.07) is 10.2.